The second-order valence-corrected chi connectivity index (χ2v) is 8.55. The lowest BCUT2D eigenvalue weighted by atomic mass is 10.1. The minimum Gasteiger partial charge on any atom is -0.325 e. The number of hydrogen-bond acceptors (Lipinski definition) is 3. The maximum Gasteiger partial charge on any atom is 0.243 e. The molecule has 7 heteroatoms. The van der Waals surface area contributed by atoms with E-state index in [4.69, 9.17) is 0 Å². The van der Waals surface area contributed by atoms with Crippen LogP contribution >= 0.6 is 0 Å². The Morgan fingerprint density at radius 3 is 2.44 bits per heavy atom. The summed E-state index contributed by atoms with van der Waals surface area (Å²) < 4.78 is 40.0. The van der Waals surface area contributed by atoms with E-state index in [1.807, 2.05) is 24.3 Å². The van der Waals surface area contributed by atoms with Crippen LogP contribution in [0.5, 0.6) is 0 Å². The second-order valence-electron chi connectivity index (χ2n) is 6.66. The molecule has 144 valence electrons. The second kappa shape index (κ2) is 8.19. The molecule has 1 fully saturated rings. The van der Waals surface area contributed by atoms with Gasteiger partial charge >= 0.3 is 0 Å². The summed E-state index contributed by atoms with van der Waals surface area (Å²) >= 11 is 0. The van der Waals surface area contributed by atoms with Gasteiger partial charge in [-0.15, -0.1) is 0 Å². The molecule has 0 aliphatic carbocycles. The fourth-order valence-corrected chi connectivity index (χ4v) is 4.96. The Morgan fingerprint density at radius 2 is 1.81 bits per heavy atom. The van der Waals surface area contributed by atoms with Gasteiger partial charge in [0.25, 0.3) is 0 Å². The van der Waals surface area contributed by atoms with E-state index in [0.717, 1.165) is 25.0 Å². The summed E-state index contributed by atoms with van der Waals surface area (Å²) in [6.45, 7) is 2.37. The molecular weight excluding hydrogens is 367 g/mol. The first kappa shape index (κ1) is 19.5. The van der Waals surface area contributed by atoms with Crippen molar-refractivity contribution in [1.82, 2.24) is 4.31 Å². The molecule has 3 rings (SSSR count). The van der Waals surface area contributed by atoms with Crippen LogP contribution in [0.3, 0.4) is 0 Å². The Labute approximate surface area is 159 Å². The summed E-state index contributed by atoms with van der Waals surface area (Å²) in [4.78, 5) is 12.7. The van der Waals surface area contributed by atoms with Crippen LogP contribution in [0.25, 0.3) is 0 Å². The highest BCUT2D eigenvalue weighted by Crippen LogP contribution is 2.27. The smallest absolute Gasteiger partial charge is 0.243 e. The van der Waals surface area contributed by atoms with Crippen molar-refractivity contribution >= 4 is 21.6 Å². The quantitative estimate of drug-likeness (QED) is 0.820. The molecule has 1 amide bonds. The summed E-state index contributed by atoms with van der Waals surface area (Å²) in [5.74, 6) is -0.849. The van der Waals surface area contributed by atoms with Crippen molar-refractivity contribution in [3.63, 3.8) is 0 Å². The first-order chi connectivity index (χ1) is 12.9. The zero-order valence-electron chi connectivity index (χ0n) is 15.2. The van der Waals surface area contributed by atoms with Crippen LogP contribution in [0.2, 0.25) is 0 Å². The van der Waals surface area contributed by atoms with Crippen LogP contribution in [0.4, 0.5) is 10.1 Å². The van der Waals surface area contributed by atoms with Gasteiger partial charge in [0.1, 0.15) is 11.9 Å². The van der Waals surface area contributed by atoms with Crippen LogP contribution in [0, 0.1) is 5.82 Å². The molecule has 0 bridgehead atoms. The molecule has 1 atom stereocenters. The first-order valence-corrected chi connectivity index (χ1v) is 10.5. The fraction of sp³-hybridized carbons (Fsp3) is 0.350. The lowest BCUT2D eigenvalue weighted by Gasteiger charge is -2.23. The van der Waals surface area contributed by atoms with Gasteiger partial charge in [-0.25, -0.2) is 12.8 Å². The summed E-state index contributed by atoms with van der Waals surface area (Å²) in [6.07, 6.45) is 3.08. The average molecular weight is 390 g/mol. The van der Waals surface area contributed by atoms with Gasteiger partial charge in [-0.2, -0.15) is 4.31 Å². The maximum absolute atomic E-state index is 13.1. The molecule has 1 saturated heterocycles. The molecule has 1 unspecified atom stereocenters. The number of halogens is 1. The van der Waals surface area contributed by atoms with E-state index in [1.165, 1.54) is 22.0 Å². The molecule has 1 aliphatic heterocycles. The third kappa shape index (κ3) is 4.36. The molecular formula is C20H23FN2O3S. The number of nitrogens with one attached hydrogen (secondary N) is 1. The largest absolute Gasteiger partial charge is 0.325 e. The van der Waals surface area contributed by atoms with E-state index in [2.05, 4.69) is 12.2 Å². The van der Waals surface area contributed by atoms with Crippen LogP contribution in [-0.2, 0) is 21.2 Å². The molecule has 0 aromatic heterocycles. The third-order valence-electron chi connectivity index (χ3n) is 4.69. The van der Waals surface area contributed by atoms with Gasteiger partial charge < -0.3 is 5.32 Å². The van der Waals surface area contributed by atoms with Gasteiger partial charge in [0.05, 0.1) is 4.90 Å². The van der Waals surface area contributed by atoms with Crippen LogP contribution in [0.1, 0.15) is 31.7 Å². The summed E-state index contributed by atoms with van der Waals surface area (Å²) in [5, 5.41) is 2.81. The summed E-state index contributed by atoms with van der Waals surface area (Å²) in [5.41, 5.74) is 1.84. The Morgan fingerprint density at radius 1 is 1.15 bits per heavy atom. The van der Waals surface area contributed by atoms with E-state index in [9.17, 15) is 17.6 Å². The Hall–Kier alpha value is -2.25. The molecule has 0 saturated carbocycles. The highest BCUT2D eigenvalue weighted by molar-refractivity contribution is 7.89. The zero-order valence-corrected chi connectivity index (χ0v) is 16.0. The molecule has 1 aliphatic rings. The number of rotatable bonds is 6. The van der Waals surface area contributed by atoms with Crippen molar-refractivity contribution in [2.24, 2.45) is 0 Å². The molecule has 2 aromatic rings. The lowest BCUT2D eigenvalue weighted by molar-refractivity contribution is -0.119. The Kier molecular flexibility index (Phi) is 5.92. The SMILES string of the molecule is CCCc1ccc(NC(=O)C2CCCN2S(=O)(=O)c2ccc(F)cc2)cc1. The van der Waals surface area contributed by atoms with Crippen molar-refractivity contribution in [1.29, 1.82) is 0 Å². The van der Waals surface area contributed by atoms with Gasteiger partial charge in [0, 0.05) is 12.2 Å². The molecule has 0 radical (unpaired) electrons. The van der Waals surface area contributed by atoms with Crippen molar-refractivity contribution in [3.8, 4) is 0 Å². The molecule has 27 heavy (non-hydrogen) atoms. The number of amides is 1. The van der Waals surface area contributed by atoms with Gasteiger partial charge in [0.2, 0.25) is 15.9 Å². The topological polar surface area (TPSA) is 66.5 Å². The Bertz CT molecular complexity index is 896. The predicted octanol–water partition coefficient (Wildman–Crippen LogP) is 3.57. The molecule has 1 heterocycles. The van der Waals surface area contributed by atoms with E-state index in [0.29, 0.717) is 18.5 Å². The van der Waals surface area contributed by atoms with E-state index in [-0.39, 0.29) is 17.3 Å². The van der Waals surface area contributed by atoms with Gasteiger partial charge in [-0.1, -0.05) is 25.5 Å². The highest BCUT2D eigenvalue weighted by Gasteiger charge is 2.39. The zero-order chi connectivity index (χ0) is 19.4. The van der Waals surface area contributed by atoms with Crippen LogP contribution in [0.15, 0.2) is 53.4 Å². The van der Waals surface area contributed by atoms with Crippen molar-refractivity contribution in [3.05, 3.63) is 59.9 Å². The van der Waals surface area contributed by atoms with E-state index >= 15 is 0 Å². The number of sulfonamides is 1. The lowest BCUT2D eigenvalue weighted by Crippen LogP contribution is -2.43. The molecule has 5 nitrogen and oxygen atoms in total. The van der Waals surface area contributed by atoms with E-state index in [1.54, 1.807) is 0 Å². The average Bonchev–Trinajstić information content (AvgIpc) is 3.15. The monoisotopic (exact) mass is 390 g/mol. The van der Waals surface area contributed by atoms with Crippen LogP contribution in [-0.4, -0.2) is 31.2 Å². The highest BCUT2D eigenvalue weighted by atomic mass is 32.2. The minimum atomic E-state index is -3.85. The standard InChI is InChI=1S/C20H23FN2O3S/c1-2-4-15-6-10-17(11-7-15)22-20(24)19-5-3-14-23(19)27(25,26)18-12-8-16(21)9-13-18/h6-13,19H,2-5,14H2,1H3,(H,22,24). The molecule has 2 aromatic carbocycles. The number of aryl methyl sites for hydroxylation is 1. The number of benzene rings is 2. The van der Waals surface area contributed by atoms with Gasteiger partial charge in [-0.3, -0.25) is 4.79 Å². The molecule has 1 N–H and O–H groups in total. The minimum absolute atomic E-state index is 0.00693. The molecule has 0 spiro atoms. The number of anilines is 1. The maximum atomic E-state index is 13.1. The number of carbonyl (C=O) groups excluding carboxylic acids is 1. The van der Waals surface area contributed by atoms with E-state index < -0.39 is 21.9 Å². The number of nitrogens with zero attached hydrogens (tertiary/aromatic N) is 1. The van der Waals surface area contributed by atoms with Crippen molar-refractivity contribution in [2.45, 2.75) is 43.5 Å². The summed E-state index contributed by atoms with van der Waals surface area (Å²) in [7, 11) is -3.85. The van der Waals surface area contributed by atoms with Gasteiger partial charge in [0.15, 0.2) is 0 Å². The Balaban J connectivity index is 1.75. The van der Waals surface area contributed by atoms with Crippen molar-refractivity contribution < 1.29 is 17.6 Å². The van der Waals surface area contributed by atoms with Gasteiger partial charge in [-0.05, 0) is 61.2 Å². The van der Waals surface area contributed by atoms with Crippen molar-refractivity contribution in [2.75, 3.05) is 11.9 Å². The predicted molar refractivity (Wildman–Crippen MR) is 102 cm³/mol. The summed E-state index contributed by atoms with van der Waals surface area (Å²) in [6, 6.07) is 11.5. The fourth-order valence-electron chi connectivity index (χ4n) is 3.30. The number of hydrogen-bond donors (Lipinski definition) is 1. The normalized spacial score (nSPS) is 17.8. The third-order valence-corrected chi connectivity index (χ3v) is 6.61. The van der Waals surface area contributed by atoms with Crippen LogP contribution < -0.4 is 5.32 Å². The first-order valence-electron chi connectivity index (χ1n) is 9.09. The number of carbonyl (C=O) groups is 1.